The molecule has 0 unspecified atom stereocenters. The molecule has 1 aromatic rings. The molecule has 0 radical (unpaired) electrons. The largest absolute Gasteiger partial charge is 0.340 e. The number of benzene rings is 1. The van der Waals surface area contributed by atoms with Gasteiger partial charge in [-0.25, -0.2) is 4.79 Å². The number of nitrogens with zero attached hydrogens (tertiary/aromatic N) is 2. The molecular weight excluding hydrogens is 352 g/mol. The summed E-state index contributed by atoms with van der Waals surface area (Å²) >= 11 is 0. The van der Waals surface area contributed by atoms with Gasteiger partial charge < -0.3 is 15.5 Å². The van der Waals surface area contributed by atoms with E-state index in [1.165, 1.54) is 6.42 Å². The van der Waals surface area contributed by atoms with Gasteiger partial charge in [0.15, 0.2) is 0 Å². The van der Waals surface area contributed by atoms with E-state index in [4.69, 9.17) is 0 Å². The van der Waals surface area contributed by atoms with Crippen molar-refractivity contribution < 1.29 is 9.59 Å². The highest BCUT2D eigenvalue weighted by Gasteiger charge is 2.22. The number of hydrogen-bond donors (Lipinski definition) is 2. The van der Waals surface area contributed by atoms with E-state index in [0.717, 1.165) is 50.4 Å². The molecule has 0 atom stereocenters. The van der Waals surface area contributed by atoms with E-state index < -0.39 is 0 Å². The van der Waals surface area contributed by atoms with Crippen molar-refractivity contribution in [2.24, 2.45) is 5.41 Å². The number of anilines is 1. The summed E-state index contributed by atoms with van der Waals surface area (Å²) in [6.07, 6.45) is 2.49. The summed E-state index contributed by atoms with van der Waals surface area (Å²) in [5.41, 5.74) is 2.06. The third-order valence-corrected chi connectivity index (χ3v) is 5.01. The summed E-state index contributed by atoms with van der Waals surface area (Å²) in [6.45, 7) is 14.1. The first-order valence-corrected chi connectivity index (χ1v) is 10.4. The summed E-state index contributed by atoms with van der Waals surface area (Å²) in [7, 11) is 0. The predicted molar refractivity (Wildman–Crippen MR) is 115 cm³/mol. The molecular formula is C22H36N4O2. The van der Waals surface area contributed by atoms with E-state index in [2.05, 4.69) is 36.3 Å². The average Bonchev–Trinajstić information content (AvgIpc) is 2.66. The number of amides is 3. The molecule has 0 aliphatic carbocycles. The summed E-state index contributed by atoms with van der Waals surface area (Å²) in [5, 5.41) is 5.57. The number of carbonyl (C=O) groups is 2. The Morgan fingerprint density at radius 1 is 1.04 bits per heavy atom. The van der Waals surface area contributed by atoms with Crippen LogP contribution in [0.1, 0.15) is 46.1 Å². The summed E-state index contributed by atoms with van der Waals surface area (Å²) in [5.74, 6) is 0.178. The van der Waals surface area contributed by atoms with E-state index in [1.54, 1.807) is 0 Å². The SMILES string of the molecule is CCCNC(=O)Nc1ccc(CC(=O)N2CCN(CCC(C)(C)C)CC2)cc1. The van der Waals surface area contributed by atoms with Crippen LogP contribution in [0.4, 0.5) is 10.5 Å². The minimum atomic E-state index is -0.199. The Labute approximate surface area is 169 Å². The van der Waals surface area contributed by atoms with Crippen LogP contribution in [0.3, 0.4) is 0 Å². The second kappa shape index (κ2) is 10.5. The Morgan fingerprint density at radius 3 is 2.25 bits per heavy atom. The summed E-state index contributed by atoms with van der Waals surface area (Å²) < 4.78 is 0. The molecule has 0 bridgehead atoms. The monoisotopic (exact) mass is 388 g/mol. The molecule has 3 amide bonds. The van der Waals surface area contributed by atoms with Gasteiger partial charge in [-0.3, -0.25) is 9.69 Å². The molecule has 1 saturated heterocycles. The molecule has 1 aromatic carbocycles. The quantitative estimate of drug-likeness (QED) is 0.753. The maximum atomic E-state index is 12.6. The zero-order chi connectivity index (χ0) is 20.6. The van der Waals surface area contributed by atoms with Crippen molar-refractivity contribution in [3.05, 3.63) is 29.8 Å². The Balaban J connectivity index is 1.75. The minimum absolute atomic E-state index is 0.178. The van der Waals surface area contributed by atoms with Crippen LogP contribution < -0.4 is 10.6 Å². The van der Waals surface area contributed by atoms with E-state index in [1.807, 2.05) is 36.1 Å². The fraction of sp³-hybridized carbons (Fsp3) is 0.636. The molecule has 2 rings (SSSR count). The van der Waals surface area contributed by atoms with Gasteiger partial charge in [-0.2, -0.15) is 0 Å². The number of carbonyl (C=O) groups excluding carboxylic acids is 2. The molecule has 28 heavy (non-hydrogen) atoms. The normalized spacial score (nSPS) is 15.4. The fourth-order valence-corrected chi connectivity index (χ4v) is 3.12. The number of rotatable bonds is 7. The van der Waals surface area contributed by atoms with Crippen molar-refractivity contribution in [1.29, 1.82) is 0 Å². The fourth-order valence-electron chi connectivity index (χ4n) is 3.12. The van der Waals surface area contributed by atoms with Gasteiger partial charge in [0.1, 0.15) is 0 Å². The zero-order valence-electron chi connectivity index (χ0n) is 17.9. The first kappa shape index (κ1) is 22.2. The minimum Gasteiger partial charge on any atom is -0.340 e. The van der Waals surface area contributed by atoms with Crippen LogP contribution in [0, 0.1) is 5.41 Å². The smallest absolute Gasteiger partial charge is 0.319 e. The molecule has 0 spiro atoms. The Kier molecular flexibility index (Phi) is 8.30. The van der Waals surface area contributed by atoms with Crippen molar-refractivity contribution >= 4 is 17.6 Å². The van der Waals surface area contributed by atoms with Crippen LogP contribution in [-0.2, 0) is 11.2 Å². The summed E-state index contributed by atoms with van der Waals surface area (Å²) in [4.78, 5) is 28.7. The number of nitrogens with one attached hydrogen (secondary N) is 2. The molecule has 1 aliphatic rings. The van der Waals surface area contributed by atoms with Gasteiger partial charge in [-0.1, -0.05) is 39.8 Å². The first-order chi connectivity index (χ1) is 13.3. The molecule has 0 saturated carbocycles. The van der Waals surface area contributed by atoms with Crippen LogP contribution >= 0.6 is 0 Å². The molecule has 1 fully saturated rings. The van der Waals surface area contributed by atoms with Gasteiger partial charge in [0.05, 0.1) is 6.42 Å². The van der Waals surface area contributed by atoms with Crippen molar-refractivity contribution in [2.45, 2.75) is 47.0 Å². The van der Waals surface area contributed by atoms with Gasteiger partial charge in [0.25, 0.3) is 0 Å². The second-order valence-corrected chi connectivity index (χ2v) is 8.79. The topological polar surface area (TPSA) is 64.7 Å². The van der Waals surface area contributed by atoms with Gasteiger partial charge >= 0.3 is 6.03 Å². The molecule has 1 heterocycles. The average molecular weight is 389 g/mol. The molecule has 156 valence electrons. The zero-order valence-corrected chi connectivity index (χ0v) is 17.9. The van der Waals surface area contributed by atoms with Gasteiger partial charge in [-0.15, -0.1) is 0 Å². The maximum Gasteiger partial charge on any atom is 0.319 e. The highest BCUT2D eigenvalue weighted by molar-refractivity contribution is 5.89. The van der Waals surface area contributed by atoms with Gasteiger partial charge in [0.2, 0.25) is 5.91 Å². The predicted octanol–water partition coefficient (Wildman–Crippen LogP) is 3.34. The van der Waals surface area contributed by atoms with E-state index in [0.29, 0.717) is 18.4 Å². The van der Waals surface area contributed by atoms with Crippen LogP contribution in [0.5, 0.6) is 0 Å². The number of piperazine rings is 1. The van der Waals surface area contributed by atoms with E-state index >= 15 is 0 Å². The Hall–Kier alpha value is -2.08. The number of urea groups is 1. The maximum absolute atomic E-state index is 12.6. The lowest BCUT2D eigenvalue weighted by Crippen LogP contribution is -2.49. The third-order valence-electron chi connectivity index (χ3n) is 5.01. The lowest BCUT2D eigenvalue weighted by Gasteiger charge is -2.36. The molecule has 6 heteroatoms. The van der Waals surface area contributed by atoms with Crippen molar-refractivity contribution in [1.82, 2.24) is 15.1 Å². The molecule has 2 N–H and O–H groups in total. The Morgan fingerprint density at radius 2 is 1.68 bits per heavy atom. The third kappa shape index (κ3) is 7.89. The lowest BCUT2D eigenvalue weighted by atomic mass is 9.92. The standard InChI is InChI=1S/C22H36N4O2/c1-5-11-23-21(28)24-19-8-6-18(7-9-19)17-20(27)26-15-13-25(14-16-26)12-10-22(2,3)4/h6-9H,5,10-17H2,1-4H3,(H2,23,24,28). The van der Waals surface area contributed by atoms with Crippen LogP contribution in [0.25, 0.3) is 0 Å². The second-order valence-electron chi connectivity index (χ2n) is 8.79. The first-order valence-electron chi connectivity index (χ1n) is 10.4. The van der Waals surface area contributed by atoms with E-state index in [9.17, 15) is 9.59 Å². The highest BCUT2D eigenvalue weighted by atomic mass is 16.2. The van der Waals surface area contributed by atoms with Crippen molar-refractivity contribution in [3.63, 3.8) is 0 Å². The van der Waals surface area contributed by atoms with Crippen molar-refractivity contribution in [3.8, 4) is 0 Å². The molecule has 6 nitrogen and oxygen atoms in total. The van der Waals surface area contributed by atoms with Crippen molar-refractivity contribution in [2.75, 3.05) is 44.6 Å². The van der Waals surface area contributed by atoms with Gasteiger partial charge in [0, 0.05) is 38.4 Å². The van der Waals surface area contributed by atoms with Crippen LogP contribution in [0.2, 0.25) is 0 Å². The number of hydrogen-bond acceptors (Lipinski definition) is 3. The van der Waals surface area contributed by atoms with Crippen LogP contribution in [-0.4, -0.2) is 61.0 Å². The summed E-state index contributed by atoms with van der Waals surface area (Å²) in [6, 6.07) is 7.31. The lowest BCUT2D eigenvalue weighted by molar-refractivity contribution is -0.132. The Bertz CT molecular complexity index is 629. The van der Waals surface area contributed by atoms with Crippen LogP contribution in [0.15, 0.2) is 24.3 Å². The molecule has 1 aliphatic heterocycles. The highest BCUT2D eigenvalue weighted by Crippen LogP contribution is 2.19. The van der Waals surface area contributed by atoms with E-state index in [-0.39, 0.29) is 11.9 Å². The van der Waals surface area contributed by atoms with Gasteiger partial charge in [-0.05, 0) is 42.5 Å². The molecule has 0 aromatic heterocycles.